The van der Waals surface area contributed by atoms with E-state index < -0.39 is 0 Å². The van der Waals surface area contributed by atoms with Crippen molar-refractivity contribution in [2.75, 3.05) is 26.2 Å². The van der Waals surface area contributed by atoms with Crippen LogP contribution in [0.2, 0.25) is 0 Å². The summed E-state index contributed by atoms with van der Waals surface area (Å²) in [7, 11) is 0. The molecule has 0 radical (unpaired) electrons. The fourth-order valence-electron chi connectivity index (χ4n) is 4.29. The lowest BCUT2D eigenvalue weighted by Crippen LogP contribution is -2.50. The van der Waals surface area contributed by atoms with E-state index in [2.05, 4.69) is 51.6 Å². The Morgan fingerprint density at radius 3 is 2.44 bits per heavy atom. The minimum Gasteiger partial charge on any atom is -0.459 e. The van der Waals surface area contributed by atoms with Crippen LogP contribution in [0.1, 0.15) is 39.1 Å². The van der Waals surface area contributed by atoms with Crippen molar-refractivity contribution in [1.82, 2.24) is 30.0 Å². The van der Waals surface area contributed by atoms with Gasteiger partial charge in [-0.25, -0.2) is 9.07 Å². The zero-order chi connectivity index (χ0) is 23.5. The molecule has 1 saturated heterocycles. The molecule has 9 heteroatoms. The summed E-state index contributed by atoms with van der Waals surface area (Å²) in [5.41, 5.74) is 3.15. The van der Waals surface area contributed by atoms with Crippen molar-refractivity contribution in [3.63, 3.8) is 0 Å². The topological polar surface area (TPSA) is 80.3 Å². The maximum Gasteiger partial charge on any atom is 0.289 e. The molecule has 1 fully saturated rings. The van der Waals surface area contributed by atoms with Crippen molar-refractivity contribution >= 4 is 5.91 Å². The predicted molar refractivity (Wildman–Crippen MR) is 123 cm³/mol. The lowest BCUT2D eigenvalue weighted by atomic mass is 10.0. The van der Waals surface area contributed by atoms with Gasteiger partial charge in [0.25, 0.3) is 5.91 Å². The van der Waals surface area contributed by atoms with Crippen LogP contribution < -0.4 is 0 Å². The number of carbonyl (C=O) groups excluding carboxylic acids is 1. The summed E-state index contributed by atoms with van der Waals surface area (Å²) in [6.45, 7) is 4.95. The van der Waals surface area contributed by atoms with Gasteiger partial charge >= 0.3 is 0 Å². The van der Waals surface area contributed by atoms with Gasteiger partial charge in [-0.05, 0) is 52.7 Å². The van der Waals surface area contributed by atoms with Gasteiger partial charge in [-0.1, -0.05) is 42.0 Å². The van der Waals surface area contributed by atoms with E-state index in [4.69, 9.17) is 4.42 Å². The summed E-state index contributed by atoms with van der Waals surface area (Å²) in [6.07, 6.45) is 1.51. The summed E-state index contributed by atoms with van der Waals surface area (Å²) in [6, 6.07) is 17.9. The number of hydrogen-bond donors (Lipinski definition) is 0. The fraction of sp³-hybridized carbons (Fsp3) is 0.280. The molecule has 1 aliphatic heterocycles. The van der Waals surface area contributed by atoms with Gasteiger partial charge in [0.1, 0.15) is 5.82 Å². The lowest BCUT2D eigenvalue weighted by Gasteiger charge is -2.38. The first kappa shape index (κ1) is 22.0. The number of carbonyl (C=O) groups is 1. The molecule has 2 aromatic carbocycles. The highest BCUT2D eigenvalue weighted by Gasteiger charge is 2.32. The molecule has 5 rings (SSSR count). The Bertz CT molecular complexity index is 1230. The van der Waals surface area contributed by atoms with Crippen LogP contribution in [0.5, 0.6) is 0 Å². The molecule has 3 heterocycles. The molecule has 1 atom stereocenters. The SMILES string of the molecule is Cc1ccc(C(c2nnnn2Cc2ccc(F)cc2)N2CCN(C(=O)c3ccco3)CC2)cc1. The molecule has 34 heavy (non-hydrogen) atoms. The average molecular weight is 461 g/mol. The zero-order valence-corrected chi connectivity index (χ0v) is 18.8. The largest absolute Gasteiger partial charge is 0.459 e. The van der Waals surface area contributed by atoms with Crippen molar-refractivity contribution in [3.05, 3.63) is 101 Å². The van der Waals surface area contributed by atoms with Crippen molar-refractivity contribution in [2.24, 2.45) is 0 Å². The van der Waals surface area contributed by atoms with Gasteiger partial charge in [0.05, 0.1) is 18.8 Å². The Morgan fingerprint density at radius 1 is 1.03 bits per heavy atom. The molecule has 0 spiro atoms. The molecule has 2 aromatic heterocycles. The zero-order valence-electron chi connectivity index (χ0n) is 18.8. The summed E-state index contributed by atoms with van der Waals surface area (Å²) in [5.74, 6) is 0.684. The molecule has 0 saturated carbocycles. The number of rotatable bonds is 6. The number of furan rings is 1. The van der Waals surface area contributed by atoms with Crippen molar-refractivity contribution < 1.29 is 13.6 Å². The van der Waals surface area contributed by atoms with Crippen LogP contribution in [-0.2, 0) is 6.54 Å². The minimum atomic E-state index is -0.278. The summed E-state index contributed by atoms with van der Waals surface area (Å²) in [5, 5.41) is 12.6. The first-order chi connectivity index (χ1) is 16.6. The number of hydrogen-bond acceptors (Lipinski definition) is 6. The summed E-state index contributed by atoms with van der Waals surface area (Å²) >= 11 is 0. The molecule has 1 aliphatic rings. The third-order valence-corrected chi connectivity index (χ3v) is 6.14. The van der Waals surface area contributed by atoms with E-state index in [1.54, 1.807) is 28.9 Å². The highest BCUT2D eigenvalue weighted by Crippen LogP contribution is 2.29. The molecular weight excluding hydrogens is 435 g/mol. The molecule has 174 valence electrons. The van der Waals surface area contributed by atoms with E-state index in [0.717, 1.165) is 11.1 Å². The van der Waals surface area contributed by atoms with Gasteiger partial charge in [0.2, 0.25) is 0 Å². The third kappa shape index (κ3) is 4.60. The van der Waals surface area contributed by atoms with Gasteiger partial charge < -0.3 is 9.32 Å². The van der Waals surface area contributed by atoms with Crippen molar-refractivity contribution in [3.8, 4) is 0 Å². The molecule has 0 bridgehead atoms. The predicted octanol–water partition coefficient (Wildman–Crippen LogP) is 3.31. The Kier molecular flexibility index (Phi) is 6.18. The Balaban J connectivity index is 1.40. The normalized spacial score (nSPS) is 15.4. The number of aromatic nitrogens is 4. The molecule has 1 unspecified atom stereocenters. The summed E-state index contributed by atoms with van der Waals surface area (Å²) in [4.78, 5) is 16.8. The third-order valence-electron chi connectivity index (χ3n) is 6.14. The highest BCUT2D eigenvalue weighted by atomic mass is 19.1. The van der Waals surface area contributed by atoms with Crippen LogP contribution >= 0.6 is 0 Å². The maximum absolute atomic E-state index is 13.4. The second-order valence-corrected chi connectivity index (χ2v) is 8.44. The van der Waals surface area contributed by atoms with Crippen LogP contribution in [-0.4, -0.2) is 62.1 Å². The number of benzene rings is 2. The van der Waals surface area contributed by atoms with E-state index >= 15 is 0 Å². The monoisotopic (exact) mass is 460 g/mol. The van der Waals surface area contributed by atoms with Gasteiger partial charge in [0.15, 0.2) is 11.6 Å². The molecule has 0 N–H and O–H groups in total. The first-order valence-corrected chi connectivity index (χ1v) is 11.2. The van der Waals surface area contributed by atoms with E-state index in [9.17, 15) is 9.18 Å². The Morgan fingerprint density at radius 2 is 1.76 bits per heavy atom. The fourth-order valence-corrected chi connectivity index (χ4v) is 4.29. The second-order valence-electron chi connectivity index (χ2n) is 8.44. The van der Waals surface area contributed by atoms with E-state index in [1.165, 1.54) is 24.0 Å². The molecule has 1 amide bonds. The van der Waals surface area contributed by atoms with Crippen LogP contribution in [0.15, 0.2) is 71.3 Å². The van der Waals surface area contributed by atoms with E-state index in [0.29, 0.717) is 44.3 Å². The molecule has 4 aromatic rings. The van der Waals surface area contributed by atoms with Gasteiger partial charge in [-0.2, -0.15) is 0 Å². The Labute approximate surface area is 196 Å². The number of amides is 1. The van der Waals surface area contributed by atoms with Crippen molar-refractivity contribution in [2.45, 2.75) is 19.5 Å². The molecular formula is C25H25FN6O2. The molecule has 0 aliphatic carbocycles. The number of nitrogens with zero attached hydrogens (tertiary/aromatic N) is 6. The number of piperazine rings is 1. The van der Waals surface area contributed by atoms with Gasteiger partial charge in [-0.3, -0.25) is 9.69 Å². The average Bonchev–Trinajstić information content (AvgIpc) is 3.55. The van der Waals surface area contributed by atoms with E-state index in [1.807, 2.05) is 4.90 Å². The highest BCUT2D eigenvalue weighted by molar-refractivity contribution is 5.91. The first-order valence-electron chi connectivity index (χ1n) is 11.2. The smallest absolute Gasteiger partial charge is 0.289 e. The van der Waals surface area contributed by atoms with Gasteiger partial charge in [0, 0.05) is 26.2 Å². The van der Waals surface area contributed by atoms with Crippen LogP contribution in [0.3, 0.4) is 0 Å². The van der Waals surface area contributed by atoms with Gasteiger partial charge in [-0.15, -0.1) is 5.10 Å². The van der Waals surface area contributed by atoms with E-state index in [-0.39, 0.29) is 17.8 Å². The summed E-state index contributed by atoms with van der Waals surface area (Å²) < 4.78 is 20.4. The Hall–Kier alpha value is -3.85. The van der Waals surface area contributed by atoms with Crippen molar-refractivity contribution in [1.29, 1.82) is 0 Å². The van der Waals surface area contributed by atoms with Crippen LogP contribution in [0.4, 0.5) is 4.39 Å². The minimum absolute atomic E-state index is 0.0994. The van der Waals surface area contributed by atoms with Crippen LogP contribution in [0, 0.1) is 12.7 Å². The number of tetrazole rings is 1. The standard InChI is InChI=1S/C25H25FN6O2/c1-18-4-8-20(9-5-18)23(24-27-28-29-32(24)17-19-6-10-21(26)11-7-19)30-12-14-31(15-13-30)25(33)22-3-2-16-34-22/h2-11,16,23H,12-15,17H2,1H3. The number of halogens is 1. The number of aryl methyl sites for hydroxylation is 1. The lowest BCUT2D eigenvalue weighted by molar-refractivity contribution is 0.0559. The molecule has 8 nitrogen and oxygen atoms in total. The van der Waals surface area contributed by atoms with Crippen LogP contribution in [0.25, 0.3) is 0 Å². The quantitative estimate of drug-likeness (QED) is 0.439. The second kappa shape index (κ2) is 9.56. The maximum atomic E-state index is 13.4.